The Morgan fingerprint density at radius 3 is 2.70 bits per heavy atom. The molecule has 1 unspecified atom stereocenters. The number of aromatic carboxylic acids is 1. The van der Waals surface area contributed by atoms with Gasteiger partial charge < -0.3 is 9.84 Å². The zero-order valence-corrected chi connectivity index (χ0v) is 13.5. The van der Waals surface area contributed by atoms with Gasteiger partial charge in [0.1, 0.15) is 0 Å². The van der Waals surface area contributed by atoms with Gasteiger partial charge in [0.25, 0.3) is 0 Å². The van der Waals surface area contributed by atoms with Gasteiger partial charge in [-0.25, -0.2) is 17.9 Å². The topological polar surface area (TPSA) is 92.7 Å². The van der Waals surface area contributed by atoms with Crippen LogP contribution in [-0.4, -0.2) is 39.8 Å². The second kappa shape index (κ2) is 7.16. The zero-order chi connectivity index (χ0) is 15.3. The molecule has 0 radical (unpaired) electrons. The first kappa shape index (κ1) is 17.1. The molecule has 0 fully saturated rings. The molecule has 2 N–H and O–H groups in total. The number of nitrogens with one attached hydrogen (secondary N) is 1. The van der Waals surface area contributed by atoms with Gasteiger partial charge in [-0.3, -0.25) is 0 Å². The quantitative estimate of drug-likeness (QED) is 0.767. The maximum Gasteiger partial charge on any atom is 0.336 e. The third-order valence-corrected chi connectivity index (χ3v) is 4.66. The predicted molar refractivity (Wildman–Crippen MR) is 77.3 cm³/mol. The molecule has 1 rings (SSSR count). The summed E-state index contributed by atoms with van der Waals surface area (Å²) in [5.74, 6) is -1.18. The Bertz CT molecular complexity index is 588. The van der Waals surface area contributed by atoms with E-state index >= 15 is 0 Å². The number of halogens is 1. The minimum Gasteiger partial charge on any atom is -0.478 e. The second-order valence-corrected chi connectivity index (χ2v) is 6.98. The van der Waals surface area contributed by atoms with Gasteiger partial charge in [-0.15, -0.1) is 0 Å². The molecular formula is C12H16BrNO5S. The largest absolute Gasteiger partial charge is 0.478 e. The van der Waals surface area contributed by atoms with E-state index in [1.54, 1.807) is 7.11 Å². The molecule has 112 valence electrons. The SMILES string of the molecule is COCC(C)CNS(=O)(=O)c1ccc(Br)c(C(=O)O)c1. The van der Waals surface area contributed by atoms with Crippen LogP contribution in [0, 0.1) is 5.92 Å². The highest BCUT2D eigenvalue weighted by Gasteiger charge is 2.18. The fourth-order valence-electron chi connectivity index (χ4n) is 1.51. The Labute approximate surface area is 126 Å². The molecule has 0 spiro atoms. The molecule has 1 atom stereocenters. The van der Waals surface area contributed by atoms with Crippen LogP contribution in [0.3, 0.4) is 0 Å². The molecule has 0 aliphatic heterocycles. The summed E-state index contributed by atoms with van der Waals surface area (Å²) < 4.78 is 31.8. The van der Waals surface area contributed by atoms with Crippen molar-refractivity contribution < 1.29 is 23.1 Å². The van der Waals surface area contributed by atoms with E-state index in [0.717, 1.165) is 6.07 Å². The monoisotopic (exact) mass is 365 g/mol. The maximum atomic E-state index is 12.1. The fourth-order valence-corrected chi connectivity index (χ4v) is 3.12. The molecule has 0 aliphatic carbocycles. The second-order valence-electron chi connectivity index (χ2n) is 4.36. The van der Waals surface area contributed by atoms with Crippen molar-refractivity contribution in [3.05, 3.63) is 28.2 Å². The lowest BCUT2D eigenvalue weighted by molar-refractivity contribution is 0.0695. The smallest absolute Gasteiger partial charge is 0.336 e. The summed E-state index contributed by atoms with van der Waals surface area (Å²) >= 11 is 3.07. The Hall–Kier alpha value is -0.960. The van der Waals surface area contributed by atoms with Crippen LogP contribution >= 0.6 is 15.9 Å². The summed E-state index contributed by atoms with van der Waals surface area (Å²) in [6.45, 7) is 2.49. The first-order chi connectivity index (χ1) is 9.27. The molecule has 0 saturated heterocycles. The van der Waals surface area contributed by atoms with Gasteiger partial charge in [-0.2, -0.15) is 0 Å². The molecular weight excluding hydrogens is 350 g/mol. The van der Waals surface area contributed by atoms with Crippen molar-refractivity contribution in [1.29, 1.82) is 0 Å². The molecule has 0 saturated carbocycles. The number of hydrogen-bond acceptors (Lipinski definition) is 4. The van der Waals surface area contributed by atoms with Crippen LogP contribution < -0.4 is 4.72 Å². The summed E-state index contributed by atoms with van der Waals surface area (Å²) in [7, 11) is -2.20. The number of sulfonamides is 1. The number of methoxy groups -OCH3 is 1. The van der Waals surface area contributed by atoms with Gasteiger partial charge in [0.05, 0.1) is 10.5 Å². The van der Waals surface area contributed by atoms with E-state index < -0.39 is 16.0 Å². The number of ether oxygens (including phenoxy) is 1. The van der Waals surface area contributed by atoms with E-state index in [1.165, 1.54) is 12.1 Å². The van der Waals surface area contributed by atoms with Crippen molar-refractivity contribution in [3.63, 3.8) is 0 Å². The standard InChI is InChI=1S/C12H16BrNO5S/c1-8(7-19-2)6-14-20(17,18)9-3-4-11(13)10(5-9)12(15)16/h3-5,8,14H,6-7H2,1-2H3,(H,15,16). The van der Waals surface area contributed by atoms with Crippen LogP contribution in [0.5, 0.6) is 0 Å². The Morgan fingerprint density at radius 1 is 1.50 bits per heavy atom. The molecule has 20 heavy (non-hydrogen) atoms. The first-order valence-corrected chi connectivity index (χ1v) is 8.07. The fraction of sp³-hybridized carbons (Fsp3) is 0.417. The van der Waals surface area contributed by atoms with Crippen LogP contribution in [0.2, 0.25) is 0 Å². The highest BCUT2D eigenvalue weighted by molar-refractivity contribution is 9.10. The van der Waals surface area contributed by atoms with Gasteiger partial charge in [-0.05, 0) is 40.0 Å². The Balaban J connectivity index is 2.93. The minimum absolute atomic E-state index is 0.0177. The lowest BCUT2D eigenvalue weighted by atomic mass is 10.2. The third-order valence-electron chi connectivity index (χ3n) is 2.55. The summed E-state index contributed by atoms with van der Waals surface area (Å²) in [5, 5.41) is 8.98. The number of benzene rings is 1. The van der Waals surface area contributed by atoms with Gasteiger partial charge in [0, 0.05) is 24.7 Å². The average molecular weight is 366 g/mol. The van der Waals surface area contributed by atoms with Crippen molar-refractivity contribution in [3.8, 4) is 0 Å². The molecule has 0 heterocycles. The van der Waals surface area contributed by atoms with Gasteiger partial charge in [-0.1, -0.05) is 6.92 Å². The van der Waals surface area contributed by atoms with Crippen molar-refractivity contribution in [2.75, 3.05) is 20.3 Å². The Morgan fingerprint density at radius 2 is 2.15 bits per heavy atom. The Kier molecular flexibility index (Phi) is 6.12. The molecule has 6 nitrogen and oxygen atoms in total. The van der Waals surface area contributed by atoms with E-state index in [-0.39, 0.29) is 22.9 Å². The van der Waals surface area contributed by atoms with Crippen LogP contribution in [0.1, 0.15) is 17.3 Å². The van der Waals surface area contributed by atoms with Crippen LogP contribution in [0.15, 0.2) is 27.6 Å². The number of carboxylic acids is 1. The minimum atomic E-state index is -3.74. The lowest BCUT2D eigenvalue weighted by Gasteiger charge is -2.12. The number of hydrogen-bond donors (Lipinski definition) is 2. The summed E-state index contributed by atoms with van der Waals surface area (Å²) in [4.78, 5) is 10.9. The van der Waals surface area contributed by atoms with E-state index in [2.05, 4.69) is 20.7 Å². The number of carboxylic acid groups (broad SMARTS) is 1. The summed E-state index contributed by atoms with van der Waals surface area (Å²) in [6, 6.07) is 3.87. The summed E-state index contributed by atoms with van der Waals surface area (Å²) in [6.07, 6.45) is 0. The van der Waals surface area contributed by atoms with Crippen molar-refractivity contribution in [2.24, 2.45) is 5.92 Å². The molecule has 0 aromatic heterocycles. The van der Waals surface area contributed by atoms with Gasteiger partial charge in [0.15, 0.2) is 0 Å². The maximum absolute atomic E-state index is 12.1. The normalized spacial score (nSPS) is 13.2. The number of rotatable bonds is 7. The van der Waals surface area contributed by atoms with Crippen LogP contribution in [0.25, 0.3) is 0 Å². The highest BCUT2D eigenvalue weighted by atomic mass is 79.9. The molecule has 1 aromatic rings. The van der Waals surface area contributed by atoms with Crippen LogP contribution in [-0.2, 0) is 14.8 Å². The average Bonchev–Trinajstić information content (AvgIpc) is 2.37. The lowest BCUT2D eigenvalue weighted by Crippen LogP contribution is -2.30. The number of carbonyl (C=O) groups is 1. The molecule has 8 heteroatoms. The van der Waals surface area contributed by atoms with Crippen molar-refractivity contribution >= 4 is 31.9 Å². The third kappa shape index (κ3) is 4.55. The van der Waals surface area contributed by atoms with Gasteiger partial charge in [0.2, 0.25) is 10.0 Å². The predicted octanol–water partition coefficient (Wildman–Crippen LogP) is 1.71. The molecule has 1 aromatic carbocycles. The van der Waals surface area contributed by atoms with Crippen molar-refractivity contribution in [1.82, 2.24) is 4.72 Å². The van der Waals surface area contributed by atoms with Gasteiger partial charge >= 0.3 is 5.97 Å². The van der Waals surface area contributed by atoms with E-state index in [9.17, 15) is 13.2 Å². The van der Waals surface area contributed by atoms with Crippen molar-refractivity contribution in [2.45, 2.75) is 11.8 Å². The van der Waals surface area contributed by atoms with E-state index in [0.29, 0.717) is 11.1 Å². The van der Waals surface area contributed by atoms with Crippen LogP contribution in [0.4, 0.5) is 0 Å². The molecule has 0 bridgehead atoms. The molecule has 0 amide bonds. The van der Waals surface area contributed by atoms with E-state index in [4.69, 9.17) is 9.84 Å². The zero-order valence-electron chi connectivity index (χ0n) is 11.1. The molecule has 0 aliphatic rings. The highest BCUT2D eigenvalue weighted by Crippen LogP contribution is 2.21. The van der Waals surface area contributed by atoms with E-state index in [1.807, 2.05) is 6.92 Å². The first-order valence-electron chi connectivity index (χ1n) is 5.79. The summed E-state index contributed by atoms with van der Waals surface area (Å²) in [5.41, 5.74) is -0.0992.